The standard InChI is InChI=1S/C18H14ClN5O/c1-11-6-5-7-13(10-11)24-12(2)16(21-23-24)18-20-17(22-25-18)14-8-3-4-9-15(14)19/h3-10H,1-2H3. The highest BCUT2D eigenvalue weighted by molar-refractivity contribution is 6.33. The van der Waals surface area contributed by atoms with Crippen molar-refractivity contribution in [3.8, 4) is 28.7 Å². The molecule has 0 aliphatic heterocycles. The van der Waals surface area contributed by atoms with Crippen LogP contribution in [0.4, 0.5) is 0 Å². The number of benzene rings is 2. The van der Waals surface area contributed by atoms with Crippen LogP contribution in [0.2, 0.25) is 5.02 Å². The van der Waals surface area contributed by atoms with Crippen LogP contribution in [-0.2, 0) is 0 Å². The van der Waals surface area contributed by atoms with E-state index in [1.54, 1.807) is 10.7 Å². The fourth-order valence-corrected chi connectivity index (χ4v) is 2.82. The van der Waals surface area contributed by atoms with E-state index in [0.29, 0.717) is 28.0 Å². The molecule has 2 heterocycles. The maximum absolute atomic E-state index is 6.19. The van der Waals surface area contributed by atoms with Crippen molar-refractivity contribution in [2.24, 2.45) is 0 Å². The number of rotatable bonds is 3. The zero-order chi connectivity index (χ0) is 17.4. The molecule has 6 nitrogen and oxygen atoms in total. The first kappa shape index (κ1) is 15.5. The summed E-state index contributed by atoms with van der Waals surface area (Å²) < 4.78 is 7.13. The van der Waals surface area contributed by atoms with Gasteiger partial charge in [0.1, 0.15) is 0 Å². The van der Waals surface area contributed by atoms with Crippen molar-refractivity contribution in [3.63, 3.8) is 0 Å². The molecule has 0 spiro atoms. The SMILES string of the molecule is Cc1cccc(-n2nnc(-c3nc(-c4ccccc4Cl)no3)c2C)c1. The fourth-order valence-electron chi connectivity index (χ4n) is 2.60. The van der Waals surface area contributed by atoms with Crippen LogP contribution in [0.5, 0.6) is 0 Å². The van der Waals surface area contributed by atoms with Gasteiger partial charge in [0.2, 0.25) is 5.82 Å². The molecule has 0 atom stereocenters. The Labute approximate surface area is 149 Å². The topological polar surface area (TPSA) is 69.6 Å². The van der Waals surface area contributed by atoms with Crippen molar-refractivity contribution in [1.82, 2.24) is 25.1 Å². The van der Waals surface area contributed by atoms with Gasteiger partial charge in [0, 0.05) is 5.56 Å². The lowest BCUT2D eigenvalue weighted by Gasteiger charge is -2.03. The summed E-state index contributed by atoms with van der Waals surface area (Å²) in [5.74, 6) is 0.733. The monoisotopic (exact) mass is 351 g/mol. The maximum Gasteiger partial charge on any atom is 0.280 e. The van der Waals surface area contributed by atoms with Gasteiger partial charge in [0.25, 0.3) is 5.89 Å². The molecular formula is C18H14ClN5O. The average Bonchev–Trinajstić information content (AvgIpc) is 3.22. The number of aryl methyl sites for hydroxylation is 1. The molecule has 0 N–H and O–H groups in total. The predicted octanol–water partition coefficient (Wildman–Crippen LogP) is 4.25. The van der Waals surface area contributed by atoms with Crippen LogP contribution in [0, 0.1) is 13.8 Å². The van der Waals surface area contributed by atoms with Gasteiger partial charge in [-0.15, -0.1) is 5.10 Å². The minimum Gasteiger partial charge on any atom is -0.332 e. The molecule has 0 aliphatic carbocycles. The summed E-state index contributed by atoms with van der Waals surface area (Å²) in [7, 11) is 0. The highest BCUT2D eigenvalue weighted by atomic mass is 35.5. The second-order valence-corrected chi connectivity index (χ2v) is 6.08. The summed E-state index contributed by atoms with van der Waals surface area (Å²) in [6.45, 7) is 3.95. The Kier molecular flexibility index (Phi) is 3.82. The first-order chi connectivity index (χ1) is 12.1. The molecule has 0 radical (unpaired) electrons. The van der Waals surface area contributed by atoms with Crippen LogP contribution in [0.15, 0.2) is 53.1 Å². The number of hydrogen-bond acceptors (Lipinski definition) is 5. The summed E-state index contributed by atoms with van der Waals surface area (Å²) >= 11 is 6.19. The van der Waals surface area contributed by atoms with Crippen LogP contribution in [0.1, 0.15) is 11.3 Å². The van der Waals surface area contributed by atoms with Gasteiger partial charge in [-0.1, -0.05) is 46.2 Å². The van der Waals surface area contributed by atoms with E-state index in [9.17, 15) is 0 Å². The van der Waals surface area contributed by atoms with E-state index in [1.807, 2.05) is 56.3 Å². The lowest BCUT2D eigenvalue weighted by Crippen LogP contribution is -1.99. The van der Waals surface area contributed by atoms with Crippen LogP contribution < -0.4 is 0 Å². The molecule has 0 aliphatic rings. The van der Waals surface area contributed by atoms with E-state index in [1.165, 1.54) is 0 Å². The molecule has 7 heteroatoms. The minimum absolute atomic E-state index is 0.311. The maximum atomic E-state index is 6.19. The van der Waals surface area contributed by atoms with Gasteiger partial charge in [0.05, 0.1) is 16.4 Å². The number of hydrogen-bond donors (Lipinski definition) is 0. The molecule has 124 valence electrons. The second kappa shape index (κ2) is 6.14. The van der Waals surface area contributed by atoms with E-state index in [4.69, 9.17) is 16.1 Å². The van der Waals surface area contributed by atoms with Gasteiger partial charge in [-0.25, -0.2) is 4.68 Å². The molecule has 4 aromatic rings. The van der Waals surface area contributed by atoms with Gasteiger partial charge < -0.3 is 4.52 Å². The third-order valence-electron chi connectivity index (χ3n) is 3.88. The first-order valence-corrected chi connectivity index (χ1v) is 8.09. The van der Waals surface area contributed by atoms with Crippen LogP contribution in [0.25, 0.3) is 28.7 Å². The van der Waals surface area contributed by atoms with Crippen LogP contribution in [-0.4, -0.2) is 25.1 Å². The molecule has 4 rings (SSSR count). The smallest absolute Gasteiger partial charge is 0.280 e. The normalized spacial score (nSPS) is 11.0. The van der Waals surface area contributed by atoms with Gasteiger partial charge in [-0.2, -0.15) is 4.98 Å². The Bertz CT molecular complexity index is 1050. The van der Waals surface area contributed by atoms with E-state index >= 15 is 0 Å². The van der Waals surface area contributed by atoms with Crippen molar-refractivity contribution < 1.29 is 4.52 Å². The highest BCUT2D eigenvalue weighted by Gasteiger charge is 2.19. The molecule has 25 heavy (non-hydrogen) atoms. The molecule has 0 unspecified atom stereocenters. The summed E-state index contributed by atoms with van der Waals surface area (Å²) in [6, 6.07) is 15.4. The third kappa shape index (κ3) is 2.81. The fraction of sp³-hybridized carbons (Fsp3) is 0.111. The summed E-state index contributed by atoms with van der Waals surface area (Å²) in [6.07, 6.45) is 0. The molecule has 0 amide bonds. The molecule has 2 aromatic heterocycles. The lowest BCUT2D eigenvalue weighted by molar-refractivity contribution is 0.430. The van der Waals surface area contributed by atoms with Crippen molar-refractivity contribution >= 4 is 11.6 Å². The average molecular weight is 352 g/mol. The Hall–Kier alpha value is -2.99. The highest BCUT2D eigenvalue weighted by Crippen LogP contribution is 2.28. The molecule has 0 saturated carbocycles. The zero-order valence-corrected chi connectivity index (χ0v) is 14.4. The summed E-state index contributed by atoms with van der Waals surface area (Å²) in [5, 5.41) is 13.0. The molecular weight excluding hydrogens is 338 g/mol. The van der Waals surface area contributed by atoms with Crippen LogP contribution in [0.3, 0.4) is 0 Å². The zero-order valence-electron chi connectivity index (χ0n) is 13.6. The largest absolute Gasteiger partial charge is 0.332 e. The number of aromatic nitrogens is 5. The van der Waals surface area contributed by atoms with Crippen molar-refractivity contribution in [3.05, 3.63) is 64.8 Å². The van der Waals surface area contributed by atoms with E-state index in [2.05, 4.69) is 20.5 Å². The Morgan fingerprint density at radius 2 is 1.88 bits per heavy atom. The summed E-state index contributed by atoms with van der Waals surface area (Å²) in [5.41, 5.74) is 4.16. The van der Waals surface area contributed by atoms with Crippen molar-refractivity contribution in [1.29, 1.82) is 0 Å². The Morgan fingerprint density at radius 3 is 2.68 bits per heavy atom. The Balaban J connectivity index is 1.74. The van der Waals surface area contributed by atoms with Crippen LogP contribution >= 0.6 is 11.6 Å². The molecule has 0 fully saturated rings. The predicted molar refractivity (Wildman–Crippen MR) is 94.6 cm³/mol. The first-order valence-electron chi connectivity index (χ1n) is 7.72. The molecule has 0 bridgehead atoms. The van der Waals surface area contributed by atoms with E-state index in [0.717, 1.165) is 16.9 Å². The number of nitrogens with zero attached hydrogens (tertiary/aromatic N) is 5. The lowest BCUT2D eigenvalue weighted by atomic mass is 10.2. The van der Waals surface area contributed by atoms with Crippen molar-refractivity contribution in [2.75, 3.05) is 0 Å². The third-order valence-corrected chi connectivity index (χ3v) is 4.21. The molecule has 0 saturated heterocycles. The van der Waals surface area contributed by atoms with Gasteiger partial charge in [0.15, 0.2) is 5.69 Å². The van der Waals surface area contributed by atoms with Gasteiger partial charge >= 0.3 is 0 Å². The quantitative estimate of drug-likeness (QED) is 0.551. The van der Waals surface area contributed by atoms with Gasteiger partial charge in [-0.3, -0.25) is 0 Å². The minimum atomic E-state index is 0.311. The molecule has 2 aromatic carbocycles. The van der Waals surface area contributed by atoms with Crippen molar-refractivity contribution in [2.45, 2.75) is 13.8 Å². The Morgan fingerprint density at radius 1 is 1.04 bits per heavy atom. The van der Waals surface area contributed by atoms with E-state index in [-0.39, 0.29) is 0 Å². The van der Waals surface area contributed by atoms with E-state index < -0.39 is 0 Å². The second-order valence-electron chi connectivity index (χ2n) is 5.68. The number of halogens is 1. The van der Waals surface area contributed by atoms with Gasteiger partial charge in [-0.05, 0) is 43.7 Å². The summed E-state index contributed by atoms with van der Waals surface area (Å²) in [4.78, 5) is 4.42.